The maximum atomic E-state index is 8.73. The van der Waals surface area contributed by atoms with Crippen molar-refractivity contribution >= 4 is 8.07 Å². The summed E-state index contributed by atoms with van der Waals surface area (Å²) in [6.45, 7) is 8.59. The molecular weight excluding hydrogens is 138 g/mol. The summed E-state index contributed by atoms with van der Waals surface area (Å²) < 4.78 is 0. The van der Waals surface area contributed by atoms with Gasteiger partial charge in [0.15, 0.2) is 0 Å². The second kappa shape index (κ2) is 3.57. The van der Waals surface area contributed by atoms with Crippen LogP contribution in [0.1, 0.15) is 6.92 Å². The zero-order valence-electron chi connectivity index (χ0n) is 7.18. The third-order valence-corrected chi connectivity index (χ3v) is 3.64. The molecule has 1 unspecified atom stereocenters. The highest BCUT2D eigenvalue weighted by atomic mass is 28.3. The van der Waals surface area contributed by atoms with Gasteiger partial charge in [0.25, 0.3) is 0 Å². The fourth-order valence-corrected chi connectivity index (χ4v) is 1.87. The smallest absolute Gasteiger partial charge is 0.0688 e. The zero-order chi connectivity index (χ0) is 8.20. The van der Waals surface area contributed by atoms with E-state index in [2.05, 4.69) is 25.7 Å². The quantitative estimate of drug-likeness (QED) is 0.442. The van der Waals surface area contributed by atoms with E-state index >= 15 is 0 Å². The molecule has 0 saturated heterocycles. The maximum absolute atomic E-state index is 8.73. The Labute approximate surface area is 64.4 Å². The molecule has 0 fully saturated rings. The van der Waals surface area contributed by atoms with Crippen LogP contribution in [0.4, 0.5) is 0 Å². The van der Waals surface area contributed by atoms with Crippen molar-refractivity contribution in [3.63, 3.8) is 0 Å². The molecule has 0 heterocycles. The summed E-state index contributed by atoms with van der Waals surface area (Å²) in [6, 6.07) is 2.32. The standard InChI is InChI=1S/C8H15NSi/c1-5-6-8(7-9)10(2,3)4/h5-6,8H,1-4H3. The molecule has 0 saturated carbocycles. The first kappa shape index (κ1) is 9.45. The van der Waals surface area contributed by atoms with Gasteiger partial charge in [-0.2, -0.15) is 5.26 Å². The summed E-state index contributed by atoms with van der Waals surface area (Å²) in [7, 11) is -1.26. The average Bonchev–Trinajstić information content (AvgIpc) is 1.80. The van der Waals surface area contributed by atoms with Crippen LogP contribution in [0.25, 0.3) is 0 Å². The molecule has 0 amide bonds. The van der Waals surface area contributed by atoms with Gasteiger partial charge in [0.1, 0.15) is 0 Å². The molecule has 0 aliphatic rings. The van der Waals surface area contributed by atoms with E-state index in [0.717, 1.165) is 0 Å². The highest BCUT2D eigenvalue weighted by Crippen LogP contribution is 2.21. The van der Waals surface area contributed by atoms with Gasteiger partial charge in [0.05, 0.1) is 19.7 Å². The number of allylic oxidation sites excluding steroid dienone is 2. The fraction of sp³-hybridized carbons (Fsp3) is 0.625. The van der Waals surface area contributed by atoms with E-state index in [1.807, 2.05) is 19.1 Å². The van der Waals surface area contributed by atoms with Gasteiger partial charge >= 0.3 is 0 Å². The maximum Gasteiger partial charge on any atom is 0.0688 e. The minimum atomic E-state index is -1.26. The van der Waals surface area contributed by atoms with Crippen molar-refractivity contribution in [2.24, 2.45) is 0 Å². The Morgan fingerprint density at radius 2 is 1.90 bits per heavy atom. The minimum Gasteiger partial charge on any atom is -0.198 e. The van der Waals surface area contributed by atoms with E-state index in [-0.39, 0.29) is 5.54 Å². The topological polar surface area (TPSA) is 23.8 Å². The highest BCUT2D eigenvalue weighted by Gasteiger charge is 2.23. The molecule has 0 aliphatic heterocycles. The van der Waals surface area contributed by atoms with E-state index in [1.165, 1.54) is 0 Å². The third-order valence-electron chi connectivity index (χ3n) is 1.46. The molecule has 0 aromatic heterocycles. The average molecular weight is 153 g/mol. The van der Waals surface area contributed by atoms with Crippen LogP contribution in [0.5, 0.6) is 0 Å². The Hall–Kier alpha value is -0.553. The lowest BCUT2D eigenvalue weighted by Crippen LogP contribution is -2.25. The molecule has 0 aromatic rings. The summed E-state index contributed by atoms with van der Waals surface area (Å²) in [5.41, 5.74) is 0.178. The SMILES string of the molecule is CC=CC(C#N)[Si](C)(C)C. The minimum absolute atomic E-state index is 0.178. The second-order valence-electron chi connectivity index (χ2n) is 3.50. The molecule has 56 valence electrons. The lowest BCUT2D eigenvalue weighted by molar-refractivity contribution is 1.25. The van der Waals surface area contributed by atoms with Crippen LogP contribution in [-0.4, -0.2) is 8.07 Å². The van der Waals surface area contributed by atoms with E-state index in [4.69, 9.17) is 5.26 Å². The van der Waals surface area contributed by atoms with Gasteiger partial charge < -0.3 is 0 Å². The van der Waals surface area contributed by atoms with Crippen LogP contribution in [-0.2, 0) is 0 Å². The van der Waals surface area contributed by atoms with Crippen LogP contribution in [0.2, 0.25) is 25.2 Å². The van der Waals surface area contributed by atoms with Crippen molar-refractivity contribution in [2.75, 3.05) is 0 Å². The van der Waals surface area contributed by atoms with E-state index in [0.29, 0.717) is 0 Å². The summed E-state index contributed by atoms with van der Waals surface area (Å²) in [4.78, 5) is 0. The fourth-order valence-electron chi connectivity index (χ4n) is 0.718. The number of hydrogen-bond acceptors (Lipinski definition) is 1. The lowest BCUT2D eigenvalue weighted by atomic mass is 10.4. The van der Waals surface area contributed by atoms with Gasteiger partial charge in [-0.3, -0.25) is 0 Å². The number of hydrogen-bond donors (Lipinski definition) is 0. The zero-order valence-corrected chi connectivity index (χ0v) is 8.18. The monoisotopic (exact) mass is 153 g/mol. The first-order valence-electron chi connectivity index (χ1n) is 3.54. The molecule has 0 aromatic carbocycles. The summed E-state index contributed by atoms with van der Waals surface area (Å²) in [5, 5.41) is 8.73. The second-order valence-corrected chi connectivity index (χ2v) is 8.85. The summed E-state index contributed by atoms with van der Waals surface area (Å²) >= 11 is 0. The van der Waals surface area contributed by atoms with Crippen molar-refractivity contribution < 1.29 is 0 Å². The largest absolute Gasteiger partial charge is 0.198 e. The van der Waals surface area contributed by atoms with E-state index < -0.39 is 8.07 Å². The van der Waals surface area contributed by atoms with E-state index in [9.17, 15) is 0 Å². The summed E-state index contributed by atoms with van der Waals surface area (Å²) in [6.07, 6.45) is 3.97. The molecule has 1 nitrogen and oxygen atoms in total. The van der Waals surface area contributed by atoms with Gasteiger partial charge in [-0.1, -0.05) is 31.8 Å². The Kier molecular flexibility index (Phi) is 3.38. The van der Waals surface area contributed by atoms with E-state index in [1.54, 1.807) is 0 Å². The molecular formula is C8H15NSi. The van der Waals surface area contributed by atoms with Crippen LogP contribution < -0.4 is 0 Å². The number of nitrogens with zero attached hydrogens (tertiary/aromatic N) is 1. The molecule has 0 rings (SSSR count). The molecule has 0 aliphatic carbocycles. The number of nitriles is 1. The first-order valence-corrected chi connectivity index (χ1v) is 7.12. The molecule has 0 radical (unpaired) electrons. The Morgan fingerprint density at radius 1 is 1.40 bits per heavy atom. The van der Waals surface area contributed by atoms with Gasteiger partial charge in [-0.15, -0.1) is 0 Å². The van der Waals surface area contributed by atoms with Crippen molar-refractivity contribution in [3.05, 3.63) is 12.2 Å². The van der Waals surface area contributed by atoms with Gasteiger partial charge in [-0.05, 0) is 6.92 Å². The lowest BCUT2D eigenvalue weighted by Gasteiger charge is -2.18. The van der Waals surface area contributed by atoms with Crippen molar-refractivity contribution in [2.45, 2.75) is 32.1 Å². The Morgan fingerprint density at radius 3 is 2.00 bits per heavy atom. The van der Waals surface area contributed by atoms with Gasteiger partial charge in [-0.25, -0.2) is 0 Å². The van der Waals surface area contributed by atoms with Crippen LogP contribution in [0, 0.1) is 11.3 Å². The predicted molar refractivity (Wildman–Crippen MR) is 47.5 cm³/mol. The molecule has 1 atom stereocenters. The first-order chi connectivity index (χ1) is 4.52. The van der Waals surface area contributed by atoms with Crippen LogP contribution >= 0.6 is 0 Å². The van der Waals surface area contributed by atoms with Gasteiger partial charge in [0, 0.05) is 0 Å². The third kappa shape index (κ3) is 2.84. The molecule has 0 spiro atoms. The Bertz CT molecular complexity index is 159. The van der Waals surface area contributed by atoms with Crippen molar-refractivity contribution in [3.8, 4) is 6.07 Å². The predicted octanol–water partition coefficient (Wildman–Crippen LogP) is 2.79. The van der Waals surface area contributed by atoms with Gasteiger partial charge in [0.2, 0.25) is 0 Å². The number of rotatable bonds is 2. The van der Waals surface area contributed by atoms with Crippen molar-refractivity contribution in [1.29, 1.82) is 5.26 Å². The summed E-state index contributed by atoms with van der Waals surface area (Å²) in [5.74, 6) is 0. The highest BCUT2D eigenvalue weighted by molar-refractivity contribution is 6.78. The normalized spacial score (nSPS) is 15.1. The molecule has 10 heavy (non-hydrogen) atoms. The molecule has 0 N–H and O–H groups in total. The molecule has 2 heteroatoms. The Balaban J connectivity index is 4.26. The van der Waals surface area contributed by atoms with Crippen LogP contribution in [0.3, 0.4) is 0 Å². The van der Waals surface area contributed by atoms with Crippen LogP contribution in [0.15, 0.2) is 12.2 Å². The molecule has 0 bridgehead atoms. The van der Waals surface area contributed by atoms with Crippen molar-refractivity contribution in [1.82, 2.24) is 0 Å².